The molecule has 2 heterocycles. The molecule has 0 fully saturated rings. The Labute approximate surface area is 233 Å². The van der Waals surface area contributed by atoms with E-state index in [9.17, 15) is 9.59 Å². The summed E-state index contributed by atoms with van der Waals surface area (Å²) in [6, 6.07) is 26.0. The Morgan fingerprint density at radius 3 is 2.42 bits per heavy atom. The molecule has 0 unspecified atom stereocenters. The zero-order chi connectivity index (χ0) is 27.6. The van der Waals surface area contributed by atoms with Crippen molar-refractivity contribution in [3.63, 3.8) is 0 Å². The van der Waals surface area contributed by atoms with Crippen molar-refractivity contribution in [1.29, 1.82) is 0 Å². The van der Waals surface area contributed by atoms with Gasteiger partial charge in [0.25, 0.3) is 11.8 Å². The van der Waals surface area contributed by atoms with E-state index in [1.54, 1.807) is 60.0 Å². The second kappa shape index (κ2) is 10.5. The standard InChI is InChI=1S/C31H24N4O4S/c1-38-25-9-5-4-8-22(25)31(37)34-24-12-11-21(16-26(24)39-2)33-30(36)19-13-20-17-32-35-29(20)23(14-19)28-15-18-7-3-6-10-27(18)40-28/h3-17H,1-2H3,(H,32,35)(H,33,36)(H,34,37). The van der Waals surface area contributed by atoms with Crippen molar-refractivity contribution in [2.45, 2.75) is 0 Å². The second-order valence-corrected chi connectivity index (χ2v) is 10.1. The summed E-state index contributed by atoms with van der Waals surface area (Å²) in [5.41, 5.74) is 3.66. The molecule has 0 atom stereocenters. The van der Waals surface area contributed by atoms with E-state index in [0.29, 0.717) is 34.0 Å². The summed E-state index contributed by atoms with van der Waals surface area (Å²) in [4.78, 5) is 27.3. The number of rotatable bonds is 7. The number of aromatic amines is 1. The van der Waals surface area contributed by atoms with Crippen LogP contribution in [0.15, 0.2) is 91.1 Å². The lowest BCUT2D eigenvalue weighted by Gasteiger charge is -2.14. The Morgan fingerprint density at radius 2 is 1.60 bits per heavy atom. The topological polar surface area (TPSA) is 105 Å². The summed E-state index contributed by atoms with van der Waals surface area (Å²) in [6.45, 7) is 0. The molecule has 0 radical (unpaired) electrons. The van der Waals surface area contributed by atoms with Gasteiger partial charge >= 0.3 is 0 Å². The maximum Gasteiger partial charge on any atom is 0.259 e. The largest absolute Gasteiger partial charge is 0.496 e. The lowest BCUT2D eigenvalue weighted by molar-refractivity contribution is 0.101. The minimum atomic E-state index is -0.338. The van der Waals surface area contributed by atoms with Crippen LogP contribution in [-0.2, 0) is 0 Å². The van der Waals surface area contributed by atoms with Gasteiger partial charge in [-0.3, -0.25) is 14.7 Å². The number of ether oxygens (including phenoxy) is 2. The highest BCUT2D eigenvalue weighted by atomic mass is 32.1. The summed E-state index contributed by atoms with van der Waals surface area (Å²) >= 11 is 1.67. The van der Waals surface area contributed by atoms with Crippen LogP contribution in [0.1, 0.15) is 20.7 Å². The minimum Gasteiger partial charge on any atom is -0.496 e. The Bertz CT molecular complexity index is 1860. The SMILES string of the molecule is COc1cc(NC(=O)c2cc(-c3cc4ccccc4s3)c3[nH]ncc3c2)ccc1NC(=O)c1ccccc1OC. The second-order valence-electron chi connectivity index (χ2n) is 9.03. The van der Waals surface area contributed by atoms with Gasteiger partial charge in [0.1, 0.15) is 11.5 Å². The first-order valence-corrected chi connectivity index (χ1v) is 13.3. The maximum atomic E-state index is 13.4. The van der Waals surface area contributed by atoms with Crippen LogP contribution in [0.3, 0.4) is 0 Å². The summed E-state index contributed by atoms with van der Waals surface area (Å²) in [7, 11) is 3.02. The third kappa shape index (κ3) is 4.74. The van der Waals surface area contributed by atoms with Crippen molar-refractivity contribution < 1.29 is 19.1 Å². The number of nitrogens with one attached hydrogen (secondary N) is 3. The molecule has 198 valence electrons. The predicted octanol–water partition coefficient (Wildman–Crippen LogP) is 6.97. The number of hydrogen-bond donors (Lipinski definition) is 3. The fraction of sp³-hybridized carbons (Fsp3) is 0.0645. The van der Waals surface area contributed by atoms with E-state index in [2.05, 4.69) is 39.0 Å². The predicted molar refractivity (Wildman–Crippen MR) is 159 cm³/mol. The monoisotopic (exact) mass is 548 g/mol. The first kappa shape index (κ1) is 25.1. The molecule has 0 aliphatic heterocycles. The van der Waals surface area contributed by atoms with Gasteiger partial charge in [0.15, 0.2) is 0 Å². The minimum absolute atomic E-state index is 0.279. The smallest absolute Gasteiger partial charge is 0.259 e. The molecule has 0 spiro atoms. The van der Waals surface area contributed by atoms with E-state index in [0.717, 1.165) is 26.7 Å². The van der Waals surface area contributed by atoms with Crippen molar-refractivity contribution in [2.75, 3.05) is 24.9 Å². The van der Waals surface area contributed by atoms with Gasteiger partial charge in [0.05, 0.1) is 37.2 Å². The van der Waals surface area contributed by atoms with Crippen molar-refractivity contribution in [1.82, 2.24) is 10.2 Å². The van der Waals surface area contributed by atoms with Gasteiger partial charge in [-0.1, -0.05) is 30.3 Å². The molecule has 0 bridgehead atoms. The lowest BCUT2D eigenvalue weighted by atomic mass is 10.0. The highest BCUT2D eigenvalue weighted by Crippen LogP contribution is 2.37. The summed E-state index contributed by atoms with van der Waals surface area (Å²) in [6.07, 6.45) is 1.71. The molecular formula is C31H24N4O4S. The molecule has 0 aliphatic carbocycles. The number of carbonyl (C=O) groups excluding carboxylic acids is 2. The van der Waals surface area contributed by atoms with Crippen LogP contribution in [0, 0.1) is 0 Å². The van der Waals surface area contributed by atoms with E-state index >= 15 is 0 Å². The van der Waals surface area contributed by atoms with Crippen molar-refractivity contribution in [3.8, 4) is 21.9 Å². The first-order valence-electron chi connectivity index (χ1n) is 12.4. The molecule has 6 aromatic rings. The average Bonchev–Trinajstić information content (AvgIpc) is 3.64. The number of fused-ring (bicyclic) bond motifs is 2. The number of anilines is 2. The number of methoxy groups -OCH3 is 2. The molecule has 8 nitrogen and oxygen atoms in total. The number of carbonyl (C=O) groups is 2. The van der Waals surface area contributed by atoms with Gasteiger partial charge in [-0.25, -0.2) is 0 Å². The number of aromatic nitrogens is 2. The number of benzene rings is 4. The third-order valence-corrected chi connectivity index (χ3v) is 7.71. The number of hydrogen-bond acceptors (Lipinski definition) is 6. The van der Waals surface area contributed by atoms with Gasteiger partial charge in [-0.15, -0.1) is 11.3 Å². The van der Waals surface area contributed by atoms with E-state index in [1.165, 1.54) is 18.9 Å². The molecule has 0 aliphatic rings. The van der Waals surface area contributed by atoms with Crippen molar-refractivity contribution >= 4 is 55.5 Å². The lowest BCUT2D eigenvalue weighted by Crippen LogP contribution is -2.15. The van der Waals surface area contributed by atoms with Crippen molar-refractivity contribution in [2.24, 2.45) is 0 Å². The maximum absolute atomic E-state index is 13.4. The molecule has 6 rings (SSSR count). The van der Waals surface area contributed by atoms with E-state index in [4.69, 9.17) is 9.47 Å². The normalized spacial score (nSPS) is 10.9. The van der Waals surface area contributed by atoms with Gasteiger partial charge in [0, 0.05) is 37.8 Å². The van der Waals surface area contributed by atoms with Gasteiger partial charge in [-0.05, 0) is 53.9 Å². The van der Waals surface area contributed by atoms with Gasteiger partial charge in [-0.2, -0.15) is 5.10 Å². The van der Waals surface area contributed by atoms with Crippen LogP contribution in [0.25, 0.3) is 31.4 Å². The van der Waals surface area contributed by atoms with Crippen LogP contribution in [0.5, 0.6) is 11.5 Å². The fourth-order valence-electron chi connectivity index (χ4n) is 4.59. The molecule has 2 amide bonds. The molecule has 2 aromatic heterocycles. The number of thiophene rings is 1. The zero-order valence-electron chi connectivity index (χ0n) is 21.6. The molecule has 0 saturated heterocycles. The third-order valence-electron chi connectivity index (χ3n) is 6.56. The molecular weight excluding hydrogens is 524 g/mol. The van der Waals surface area contributed by atoms with Crippen molar-refractivity contribution in [3.05, 3.63) is 102 Å². The number of para-hydroxylation sites is 1. The molecule has 3 N–H and O–H groups in total. The quantitative estimate of drug-likeness (QED) is 0.200. The Morgan fingerprint density at radius 1 is 0.800 bits per heavy atom. The van der Waals surface area contributed by atoms with E-state index in [-0.39, 0.29) is 11.8 Å². The van der Waals surface area contributed by atoms with Crippen LogP contribution < -0.4 is 20.1 Å². The number of amides is 2. The molecule has 40 heavy (non-hydrogen) atoms. The zero-order valence-corrected chi connectivity index (χ0v) is 22.5. The highest BCUT2D eigenvalue weighted by molar-refractivity contribution is 7.22. The Balaban J connectivity index is 1.27. The summed E-state index contributed by atoms with van der Waals surface area (Å²) in [5.74, 6) is 0.248. The van der Waals surface area contributed by atoms with E-state index in [1.807, 2.05) is 24.3 Å². The van der Waals surface area contributed by atoms with Crippen LogP contribution in [-0.4, -0.2) is 36.2 Å². The van der Waals surface area contributed by atoms with Crippen LogP contribution >= 0.6 is 11.3 Å². The molecule has 0 saturated carbocycles. The Kier molecular flexibility index (Phi) is 6.63. The van der Waals surface area contributed by atoms with Gasteiger partial charge in [0.2, 0.25) is 0 Å². The molecule has 9 heteroatoms. The number of H-pyrrole nitrogens is 1. The highest BCUT2D eigenvalue weighted by Gasteiger charge is 2.17. The number of nitrogens with zero attached hydrogens (tertiary/aromatic N) is 1. The summed E-state index contributed by atoms with van der Waals surface area (Å²) in [5, 5.41) is 15.1. The fourth-order valence-corrected chi connectivity index (χ4v) is 5.68. The first-order chi connectivity index (χ1) is 19.5. The van der Waals surface area contributed by atoms with Crippen LogP contribution in [0.4, 0.5) is 11.4 Å². The van der Waals surface area contributed by atoms with Gasteiger partial charge < -0.3 is 20.1 Å². The van der Waals surface area contributed by atoms with Crippen LogP contribution in [0.2, 0.25) is 0 Å². The summed E-state index contributed by atoms with van der Waals surface area (Å²) < 4.78 is 12.0. The average molecular weight is 549 g/mol. The van der Waals surface area contributed by atoms with E-state index < -0.39 is 0 Å². The molecule has 4 aromatic carbocycles. The Hall–Kier alpha value is -5.15.